The molecule has 0 spiro atoms. The lowest BCUT2D eigenvalue weighted by molar-refractivity contribution is 0.102. The van der Waals surface area contributed by atoms with Gasteiger partial charge in [-0.2, -0.15) is 0 Å². The highest BCUT2D eigenvalue weighted by atomic mass is 127. The molecule has 0 radical (unpaired) electrons. The minimum Gasteiger partial charge on any atom is -0.322 e. The van der Waals surface area contributed by atoms with E-state index in [1.165, 1.54) is 5.56 Å². The van der Waals surface area contributed by atoms with E-state index in [2.05, 4.69) is 43.8 Å². The van der Waals surface area contributed by atoms with Crippen molar-refractivity contribution in [3.63, 3.8) is 0 Å². The largest absolute Gasteiger partial charge is 0.322 e. The molecular weight excluding hydrogens is 417 g/mol. The van der Waals surface area contributed by atoms with Gasteiger partial charge in [-0.25, -0.2) is 0 Å². The van der Waals surface area contributed by atoms with Gasteiger partial charge in [0.1, 0.15) is 0 Å². The summed E-state index contributed by atoms with van der Waals surface area (Å²) in [6.07, 6.45) is 0. The van der Waals surface area contributed by atoms with Crippen LogP contribution in [0.15, 0.2) is 40.9 Å². The zero-order valence-corrected chi connectivity index (χ0v) is 14.4. The Balaban J connectivity index is 2.23. The van der Waals surface area contributed by atoms with E-state index in [9.17, 15) is 4.79 Å². The number of rotatable bonds is 2. The van der Waals surface area contributed by atoms with E-state index in [1.807, 2.05) is 50.2 Å². The van der Waals surface area contributed by atoms with E-state index in [0.29, 0.717) is 5.56 Å². The van der Waals surface area contributed by atoms with E-state index in [1.54, 1.807) is 0 Å². The minimum absolute atomic E-state index is 0.0790. The minimum atomic E-state index is -0.0790. The molecule has 0 atom stereocenters. The lowest BCUT2D eigenvalue weighted by Crippen LogP contribution is -2.13. The number of anilines is 1. The Kier molecular flexibility index (Phi) is 4.62. The lowest BCUT2D eigenvalue weighted by Gasteiger charge is -2.09. The Morgan fingerprint density at radius 1 is 1.11 bits per heavy atom. The van der Waals surface area contributed by atoms with Crippen LogP contribution in [0, 0.1) is 17.4 Å². The summed E-state index contributed by atoms with van der Waals surface area (Å²) in [7, 11) is 0. The van der Waals surface area contributed by atoms with Crippen molar-refractivity contribution in [3.8, 4) is 0 Å². The fourth-order valence-electron chi connectivity index (χ4n) is 1.75. The van der Waals surface area contributed by atoms with Crippen molar-refractivity contribution in [3.05, 3.63) is 61.1 Å². The fraction of sp³-hybridized carbons (Fsp3) is 0.133. The Bertz CT molecular complexity index is 640. The van der Waals surface area contributed by atoms with Gasteiger partial charge in [0.25, 0.3) is 5.91 Å². The van der Waals surface area contributed by atoms with Gasteiger partial charge in [0.15, 0.2) is 0 Å². The molecule has 2 aromatic carbocycles. The third-order valence-electron chi connectivity index (χ3n) is 2.86. The number of hydrogen-bond acceptors (Lipinski definition) is 1. The van der Waals surface area contributed by atoms with E-state index in [-0.39, 0.29) is 5.91 Å². The number of hydrogen-bond donors (Lipinski definition) is 1. The first-order chi connectivity index (χ1) is 8.97. The number of halogens is 2. The second-order valence-electron chi connectivity index (χ2n) is 4.38. The number of benzene rings is 2. The van der Waals surface area contributed by atoms with Crippen LogP contribution in [0.1, 0.15) is 21.5 Å². The number of aryl methyl sites for hydroxylation is 2. The van der Waals surface area contributed by atoms with E-state index in [4.69, 9.17) is 0 Å². The summed E-state index contributed by atoms with van der Waals surface area (Å²) in [5.74, 6) is -0.0790. The molecule has 2 rings (SSSR count). The summed E-state index contributed by atoms with van der Waals surface area (Å²) >= 11 is 5.66. The molecule has 2 nitrogen and oxygen atoms in total. The first-order valence-electron chi connectivity index (χ1n) is 5.81. The molecule has 98 valence electrons. The summed E-state index contributed by atoms with van der Waals surface area (Å²) in [4.78, 5) is 12.2. The smallest absolute Gasteiger partial charge is 0.255 e. The van der Waals surface area contributed by atoms with Crippen LogP contribution in [0.2, 0.25) is 0 Å². The van der Waals surface area contributed by atoms with Gasteiger partial charge in [0, 0.05) is 19.3 Å². The first kappa shape index (κ1) is 14.5. The Labute approximate surface area is 134 Å². The number of carbonyl (C=O) groups is 1. The predicted molar refractivity (Wildman–Crippen MR) is 90.7 cm³/mol. The van der Waals surface area contributed by atoms with Gasteiger partial charge < -0.3 is 5.32 Å². The van der Waals surface area contributed by atoms with Crippen LogP contribution in [0.25, 0.3) is 0 Å². The summed E-state index contributed by atoms with van der Waals surface area (Å²) in [5.41, 5.74) is 3.67. The lowest BCUT2D eigenvalue weighted by atomic mass is 10.1. The summed E-state index contributed by atoms with van der Waals surface area (Å²) < 4.78 is 2.12. The molecule has 0 saturated carbocycles. The van der Waals surface area contributed by atoms with Crippen molar-refractivity contribution in [1.29, 1.82) is 0 Å². The van der Waals surface area contributed by atoms with E-state index in [0.717, 1.165) is 19.3 Å². The molecule has 19 heavy (non-hydrogen) atoms. The van der Waals surface area contributed by atoms with Crippen LogP contribution in [-0.2, 0) is 0 Å². The molecule has 0 aromatic heterocycles. The number of nitrogens with one attached hydrogen (secondary N) is 1. The quantitative estimate of drug-likeness (QED) is 0.674. The number of amides is 1. The molecule has 0 aliphatic heterocycles. The second-order valence-corrected chi connectivity index (χ2v) is 6.46. The molecule has 0 heterocycles. The number of carbonyl (C=O) groups excluding carboxylic acids is 1. The zero-order valence-electron chi connectivity index (χ0n) is 10.6. The third-order valence-corrected chi connectivity index (χ3v) is 4.52. The molecule has 0 unspecified atom stereocenters. The average Bonchev–Trinajstić information content (AvgIpc) is 2.33. The maximum Gasteiger partial charge on any atom is 0.255 e. The maximum atomic E-state index is 12.2. The standard InChI is InChI=1S/C15H13BrINO/c1-9-3-5-12(8-14(9)17)18-15(19)13-6-4-11(16)7-10(13)2/h3-8H,1-2H3,(H,18,19). The topological polar surface area (TPSA) is 29.1 Å². The zero-order chi connectivity index (χ0) is 14.0. The van der Waals surface area contributed by atoms with Crippen molar-refractivity contribution < 1.29 is 4.79 Å². The fourth-order valence-corrected chi connectivity index (χ4v) is 2.74. The normalized spacial score (nSPS) is 10.3. The predicted octanol–water partition coefficient (Wildman–Crippen LogP) is 4.92. The molecule has 0 aliphatic rings. The summed E-state index contributed by atoms with van der Waals surface area (Å²) in [6, 6.07) is 11.5. The van der Waals surface area contributed by atoms with Gasteiger partial charge in [0.2, 0.25) is 0 Å². The second kappa shape index (κ2) is 6.05. The van der Waals surface area contributed by atoms with Gasteiger partial charge >= 0.3 is 0 Å². The highest BCUT2D eigenvalue weighted by Gasteiger charge is 2.09. The van der Waals surface area contributed by atoms with Crippen LogP contribution in [0.4, 0.5) is 5.69 Å². The maximum absolute atomic E-state index is 12.2. The Morgan fingerprint density at radius 3 is 2.47 bits per heavy atom. The molecule has 2 aromatic rings. The Morgan fingerprint density at radius 2 is 1.84 bits per heavy atom. The SMILES string of the molecule is Cc1ccc(NC(=O)c2ccc(Br)cc2C)cc1I. The molecule has 1 amide bonds. The highest BCUT2D eigenvalue weighted by molar-refractivity contribution is 14.1. The molecular formula is C15H13BrINO. The molecule has 0 saturated heterocycles. The molecule has 0 bridgehead atoms. The van der Waals surface area contributed by atoms with Gasteiger partial charge in [-0.15, -0.1) is 0 Å². The summed E-state index contributed by atoms with van der Waals surface area (Å²) in [6.45, 7) is 3.98. The average molecular weight is 430 g/mol. The van der Waals surface area contributed by atoms with Crippen molar-refractivity contribution >= 4 is 50.1 Å². The van der Waals surface area contributed by atoms with Crippen LogP contribution in [0.3, 0.4) is 0 Å². The van der Waals surface area contributed by atoms with Crippen LogP contribution in [-0.4, -0.2) is 5.91 Å². The van der Waals surface area contributed by atoms with Crippen molar-refractivity contribution in [2.24, 2.45) is 0 Å². The summed E-state index contributed by atoms with van der Waals surface area (Å²) in [5, 5.41) is 2.93. The van der Waals surface area contributed by atoms with Gasteiger partial charge in [-0.3, -0.25) is 4.79 Å². The van der Waals surface area contributed by atoms with E-state index >= 15 is 0 Å². The van der Waals surface area contributed by atoms with Gasteiger partial charge in [-0.1, -0.05) is 22.0 Å². The van der Waals surface area contributed by atoms with Gasteiger partial charge in [-0.05, 0) is 77.9 Å². The van der Waals surface area contributed by atoms with Crippen LogP contribution < -0.4 is 5.32 Å². The van der Waals surface area contributed by atoms with Crippen LogP contribution in [0.5, 0.6) is 0 Å². The van der Waals surface area contributed by atoms with Crippen molar-refractivity contribution in [1.82, 2.24) is 0 Å². The molecule has 0 fully saturated rings. The monoisotopic (exact) mass is 429 g/mol. The van der Waals surface area contributed by atoms with Crippen molar-refractivity contribution in [2.45, 2.75) is 13.8 Å². The van der Waals surface area contributed by atoms with Gasteiger partial charge in [0.05, 0.1) is 0 Å². The highest BCUT2D eigenvalue weighted by Crippen LogP contribution is 2.20. The van der Waals surface area contributed by atoms with E-state index < -0.39 is 0 Å². The first-order valence-corrected chi connectivity index (χ1v) is 7.68. The van der Waals surface area contributed by atoms with Crippen molar-refractivity contribution in [2.75, 3.05) is 5.32 Å². The Hall–Kier alpha value is -0.880. The third kappa shape index (κ3) is 3.57. The molecule has 0 aliphatic carbocycles. The van der Waals surface area contributed by atoms with Crippen LogP contribution >= 0.6 is 38.5 Å². The molecule has 1 N–H and O–H groups in total. The molecule has 4 heteroatoms.